The zero-order valence-electron chi connectivity index (χ0n) is 55.1. The van der Waals surface area contributed by atoms with Gasteiger partial charge in [-0.25, -0.2) is 4.79 Å². The Hall–Kier alpha value is -4.22. The van der Waals surface area contributed by atoms with Crippen LogP contribution in [0.3, 0.4) is 0 Å². The van der Waals surface area contributed by atoms with Crippen LogP contribution in [-0.2, 0) is 47.5 Å². The molecule has 0 bridgehead atoms. The average molecular weight is 1240 g/mol. The Morgan fingerprint density at radius 1 is 0.816 bits per heavy atom. The number of likely N-dealkylation sites (N-methyl/N-ethyl adjacent to an activating group) is 2. The molecule has 3 aromatic carbocycles. The quantitative estimate of drug-likeness (QED) is 0.0987. The molecule has 0 saturated carbocycles. The molecule has 4 aliphatic rings. The second-order valence-electron chi connectivity index (χ2n) is 26.9. The number of methoxy groups -OCH3 is 2. The maximum absolute atomic E-state index is 15.4. The molecule has 87 heavy (non-hydrogen) atoms. The first-order valence-electron chi connectivity index (χ1n) is 31.5. The molecule has 4 heterocycles. The summed E-state index contributed by atoms with van der Waals surface area (Å²) in [6.45, 7) is 24.4. The first-order chi connectivity index (χ1) is 40.8. The fraction of sp³-hybridized carbons (Fsp3) is 0.691. The maximum atomic E-state index is 15.4. The molecule has 0 aliphatic carbocycles. The van der Waals surface area contributed by atoms with Gasteiger partial charge in [0.15, 0.2) is 18.7 Å². The van der Waals surface area contributed by atoms with Crippen LogP contribution in [0, 0.1) is 37.5 Å². The van der Waals surface area contributed by atoms with Gasteiger partial charge in [-0.05, 0) is 185 Å². The Bertz CT molecular complexity index is 2690. The Labute approximate surface area is 520 Å². The highest BCUT2D eigenvalue weighted by atomic mass is 32.3. The van der Waals surface area contributed by atoms with Crippen molar-refractivity contribution in [1.82, 2.24) is 14.7 Å². The summed E-state index contributed by atoms with van der Waals surface area (Å²) in [5.41, 5.74) is -2.46. The first kappa shape index (κ1) is 70.2. The number of carbonyl (C=O) groups excluding carboxylic acids is 3. The van der Waals surface area contributed by atoms with Gasteiger partial charge in [-0.1, -0.05) is 63.1 Å². The average Bonchev–Trinajstić information content (AvgIpc) is 1.09. The number of amides is 1. The van der Waals surface area contributed by atoms with Crippen LogP contribution in [0.5, 0.6) is 5.75 Å². The van der Waals surface area contributed by atoms with E-state index in [1.165, 1.54) is 14.0 Å². The van der Waals surface area contributed by atoms with Gasteiger partial charge in [0.2, 0.25) is 5.91 Å². The molecule has 18 nitrogen and oxygen atoms in total. The van der Waals surface area contributed by atoms with Crippen LogP contribution in [0.2, 0.25) is 0 Å². The van der Waals surface area contributed by atoms with Crippen LogP contribution >= 0.6 is 10.0 Å². The number of benzene rings is 3. The number of nitrogens with zero attached hydrogens (tertiary/aromatic N) is 3. The second-order valence-corrected chi connectivity index (χ2v) is 30.1. The minimum atomic E-state index is -2.11. The molecular formula is C68H105N3O15S. The Kier molecular flexibility index (Phi) is 23.4. The molecule has 4 N–H and O–H groups in total. The molecule has 7 rings (SSSR count). The highest BCUT2D eigenvalue weighted by molar-refractivity contribution is 8.33. The molecular weight excluding hydrogens is 1130 g/mol. The molecule has 1 amide bonds. The SMILES string of the molecule is CC[C@H]1OC(=O)[C@H](C)[C@@H](O[C@H]2C[C@@](C)(OC)[C@@H](O)[C@H](C)O2)[C@H](C)[C@@H](O[C@@H]2O[C@H](C)C[C@H](N(C)C)[C@H]2OC(=O)[C@@H]2CCCN2C(=O)[C@@H](C)CS(c2ccc(C)cc2)(c2ccc(C)cc2)c2ccc(OC)cc2)[C@](C)(O)C[C@@H](C)CN(C)[C@H](C)[C@@H](O)[C@]1(C)O. The van der Waals surface area contributed by atoms with Gasteiger partial charge in [-0.2, -0.15) is 10.0 Å². The van der Waals surface area contributed by atoms with E-state index < -0.39 is 136 Å². The standard InChI is InChI=1S/C68H105N3O15S/c1-19-55-68(13,78)59(72)47(9)70(16)38-42(4)36-66(11,77)61(45(7)57(46(8)63(75)83-55)84-56-37-67(12,80-18)60(73)48(10)82-56)86-65-58(54(69(14)15)35-44(6)81-65)85-64(76)53-21-20-34-71(53)62(74)43(5)39-87(50-28-22-40(2)23-29-50,51-30-24-41(3)25-31-51)52-32-26-49(79-17)27-33-52/h22-33,42-48,53-61,65,72-73,77-78H,19-21,34-39H2,1-18H3/t42-,43+,44-,45+,46-,47-,48+,53+,54+,55-,56+,57+,58-,59-,60+,61-,65+,66-,67-,68-/m1/s1. The minimum absolute atomic E-state index is 0.0666. The van der Waals surface area contributed by atoms with Crippen LogP contribution in [0.25, 0.3) is 0 Å². The van der Waals surface area contributed by atoms with Gasteiger partial charge in [0, 0.05) is 50.3 Å². The molecule has 20 atom stereocenters. The molecule has 0 unspecified atom stereocenters. The van der Waals surface area contributed by atoms with E-state index >= 15 is 9.59 Å². The number of aliphatic hydroxyl groups is 4. The van der Waals surface area contributed by atoms with Crippen molar-refractivity contribution in [2.24, 2.45) is 23.7 Å². The highest BCUT2D eigenvalue weighted by Crippen LogP contribution is 2.69. The fourth-order valence-corrected chi connectivity index (χ4v) is 18.2. The normalized spacial score (nSPS) is 36.7. The third-order valence-electron chi connectivity index (χ3n) is 19.5. The van der Waals surface area contributed by atoms with E-state index in [1.807, 2.05) is 70.8 Å². The first-order valence-corrected chi connectivity index (χ1v) is 33.3. The summed E-state index contributed by atoms with van der Waals surface area (Å²) in [6.07, 6.45) is -8.66. The lowest BCUT2D eigenvalue weighted by atomic mass is 9.77. The Balaban J connectivity index is 1.26. The van der Waals surface area contributed by atoms with Crippen molar-refractivity contribution in [2.75, 3.05) is 54.2 Å². The lowest BCUT2D eigenvalue weighted by molar-refractivity contribution is -0.319. The summed E-state index contributed by atoms with van der Waals surface area (Å²) in [6, 6.07) is 23.4. The van der Waals surface area contributed by atoms with E-state index in [1.54, 1.807) is 53.6 Å². The number of rotatable bonds is 16. The van der Waals surface area contributed by atoms with Crippen molar-refractivity contribution in [3.63, 3.8) is 0 Å². The third kappa shape index (κ3) is 15.4. The van der Waals surface area contributed by atoms with Crippen molar-refractivity contribution in [1.29, 1.82) is 0 Å². The van der Waals surface area contributed by atoms with Gasteiger partial charge in [0.05, 0.1) is 54.7 Å². The number of hydrogen-bond donors (Lipinski definition) is 4. The van der Waals surface area contributed by atoms with Gasteiger partial charge >= 0.3 is 11.9 Å². The molecule has 4 fully saturated rings. The summed E-state index contributed by atoms with van der Waals surface area (Å²) in [5, 5.41) is 48.4. The topological polar surface area (TPSA) is 216 Å². The molecule has 19 heteroatoms. The second kappa shape index (κ2) is 28.9. The number of hydrogen-bond acceptors (Lipinski definition) is 17. The summed E-state index contributed by atoms with van der Waals surface area (Å²) < 4.78 is 51.8. The lowest BCUT2D eigenvalue weighted by Gasteiger charge is -2.49. The summed E-state index contributed by atoms with van der Waals surface area (Å²) in [7, 11) is 6.69. The van der Waals surface area contributed by atoms with Gasteiger partial charge in [0.1, 0.15) is 35.7 Å². The van der Waals surface area contributed by atoms with Crippen molar-refractivity contribution < 1.29 is 72.7 Å². The Morgan fingerprint density at radius 2 is 1.39 bits per heavy atom. The van der Waals surface area contributed by atoms with Crippen molar-refractivity contribution in [3.05, 3.63) is 83.9 Å². The van der Waals surface area contributed by atoms with Crippen LogP contribution < -0.4 is 4.74 Å². The van der Waals surface area contributed by atoms with Crippen molar-refractivity contribution in [2.45, 2.75) is 240 Å². The number of esters is 2. The summed E-state index contributed by atoms with van der Waals surface area (Å²) in [4.78, 5) is 54.4. The minimum Gasteiger partial charge on any atom is -0.497 e. The molecule has 4 saturated heterocycles. The molecule has 0 spiro atoms. The number of aryl methyl sites for hydroxylation is 2. The highest BCUT2D eigenvalue weighted by Gasteiger charge is 2.54. The van der Waals surface area contributed by atoms with E-state index in [9.17, 15) is 25.2 Å². The van der Waals surface area contributed by atoms with Crippen molar-refractivity contribution in [3.8, 4) is 5.75 Å². The van der Waals surface area contributed by atoms with E-state index in [0.717, 1.165) is 31.6 Å². The van der Waals surface area contributed by atoms with Crippen LogP contribution in [0.4, 0.5) is 0 Å². The number of carbonyl (C=O) groups is 3. The summed E-state index contributed by atoms with van der Waals surface area (Å²) in [5.74, 6) is -3.12. The monoisotopic (exact) mass is 1240 g/mol. The predicted molar refractivity (Wildman–Crippen MR) is 335 cm³/mol. The molecule has 0 radical (unpaired) electrons. The van der Waals surface area contributed by atoms with E-state index in [4.69, 9.17) is 37.9 Å². The van der Waals surface area contributed by atoms with Crippen LogP contribution in [0.1, 0.15) is 126 Å². The molecule has 4 aliphatic heterocycles. The molecule has 3 aromatic rings. The van der Waals surface area contributed by atoms with E-state index in [2.05, 4.69) is 74.5 Å². The van der Waals surface area contributed by atoms with E-state index in [0.29, 0.717) is 38.1 Å². The van der Waals surface area contributed by atoms with E-state index in [-0.39, 0.29) is 31.1 Å². The van der Waals surface area contributed by atoms with Gasteiger partial charge in [0.25, 0.3) is 0 Å². The third-order valence-corrected chi connectivity index (χ3v) is 23.7. The molecule has 488 valence electrons. The zero-order valence-corrected chi connectivity index (χ0v) is 56.0. The maximum Gasteiger partial charge on any atom is 0.329 e. The van der Waals surface area contributed by atoms with Crippen molar-refractivity contribution >= 4 is 27.9 Å². The Morgan fingerprint density at radius 3 is 1.93 bits per heavy atom. The predicted octanol–water partition coefficient (Wildman–Crippen LogP) is 8.69. The van der Waals surface area contributed by atoms with Crippen LogP contribution in [-0.4, -0.2) is 204 Å². The van der Waals surface area contributed by atoms with Gasteiger partial charge in [-0.3, -0.25) is 9.59 Å². The van der Waals surface area contributed by atoms with Crippen LogP contribution in [0.15, 0.2) is 87.5 Å². The lowest BCUT2D eigenvalue weighted by Crippen LogP contribution is -2.61. The largest absolute Gasteiger partial charge is 0.497 e. The number of cyclic esters (lactones) is 1. The number of ether oxygens (including phenoxy) is 8. The smallest absolute Gasteiger partial charge is 0.329 e. The number of aliphatic hydroxyl groups excluding tert-OH is 2. The molecule has 0 aromatic heterocycles. The number of likely N-dealkylation sites (tertiary alicyclic amines) is 1. The summed E-state index contributed by atoms with van der Waals surface area (Å²) >= 11 is 0. The fourth-order valence-electron chi connectivity index (χ4n) is 14.1. The van der Waals surface area contributed by atoms with Gasteiger partial charge < -0.3 is 73.0 Å². The zero-order chi connectivity index (χ0) is 64.2. The van der Waals surface area contributed by atoms with Gasteiger partial charge in [-0.15, -0.1) is 0 Å².